The summed E-state index contributed by atoms with van der Waals surface area (Å²) >= 11 is 0. The van der Waals surface area contributed by atoms with Crippen molar-refractivity contribution in [2.45, 2.75) is 19.8 Å². The highest BCUT2D eigenvalue weighted by molar-refractivity contribution is 5.65. The molecule has 14 heavy (non-hydrogen) atoms. The van der Waals surface area contributed by atoms with Crippen LogP contribution >= 0.6 is 0 Å². The molecule has 0 fully saturated rings. The lowest BCUT2D eigenvalue weighted by Crippen LogP contribution is -2.18. The molecule has 2 nitrogen and oxygen atoms in total. The molecular weight excluding hydrogens is 174 g/mol. The van der Waals surface area contributed by atoms with Crippen molar-refractivity contribution in [3.05, 3.63) is 29.3 Å². The molecule has 0 aliphatic carbocycles. The molecule has 1 aromatic carbocycles. The maximum atomic E-state index is 10.5. The number of anilines is 1. The van der Waals surface area contributed by atoms with Crippen molar-refractivity contribution in [1.82, 2.24) is 0 Å². The van der Waals surface area contributed by atoms with E-state index in [2.05, 4.69) is 24.0 Å². The zero-order chi connectivity index (χ0) is 9.97. The first-order valence-electron chi connectivity index (χ1n) is 5.16. The van der Waals surface area contributed by atoms with Crippen LogP contribution in [0.5, 0.6) is 0 Å². The van der Waals surface area contributed by atoms with Crippen molar-refractivity contribution in [1.29, 1.82) is 0 Å². The first-order chi connectivity index (χ1) is 6.86. The van der Waals surface area contributed by atoms with Crippen molar-refractivity contribution in [3.8, 4) is 0 Å². The molecule has 0 spiro atoms. The predicted octanol–water partition coefficient (Wildman–Crippen LogP) is 1.81. The lowest BCUT2D eigenvalue weighted by molar-refractivity contribution is -0.107. The summed E-state index contributed by atoms with van der Waals surface area (Å²) in [5.74, 6) is 0. The molecule has 0 N–H and O–H groups in total. The monoisotopic (exact) mass is 189 g/mol. The number of hydrogen-bond donors (Lipinski definition) is 0. The van der Waals surface area contributed by atoms with Gasteiger partial charge in [0.1, 0.15) is 6.29 Å². The average Bonchev–Trinajstić information content (AvgIpc) is 2.62. The third-order valence-electron chi connectivity index (χ3n) is 2.91. The van der Waals surface area contributed by atoms with E-state index in [1.165, 1.54) is 16.8 Å². The van der Waals surface area contributed by atoms with Gasteiger partial charge in [0.15, 0.2) is 0 Å². The lowest BCUT2D eigenvalue weighted by atomic mass is 10.0. The van der Waals surface area contributed by atoms with E-state index in [1.54, 1.807) is 0 Å². The molecule has 1 aromatic rings. The van der Waals surface area contributed by atoms with E-state index in [9.17, 15) is 4.79 Å². The zero-order valence-corrected chi connectivity index (χ0v) is 8.49. The topological polar surface area (TPSA) is 20.3 Å². The van der Waals surface area contributed by atoms with Crippen LogP contribution in [0.1, 0.15) is 18.1 Å². The van der Waals surface area contributed by atoms with Gasteiger partial charge in [-0.15, -0.1) is 0 Å². The number of rotatable bonds is 3. The van der Waals surface area contributed by atoms with Gasteiger partial charge in [-0.05, 0) is 30.5 Å². The molecule has 1 aliphatic rings. The molecule has 0 aromatic heterocycles. The minimum atomic E-state index is 0.556. The Balaban J connectivity index is 2.39. The van der Waals surface area contributed by atoms with Crippen molar-refractivity contribution in [2.75, 3.05) is 18.0 Å². The van der Waals surface area contributed by atoms with Crippen molar-refractivity contribution in [3.63, 3.8) is 0 Å². The summed E-state index contributed by atoms with van der Waals surface area (Å²) in [4.78, 5) is 12.9. The van der Waals surface area contributed by atoms with E-state index < -0.39 is 0 Å². The van der Waals surface area contributed by atoms with Gasteiger partial charge in [0, 0.05) is 25.2 Å². The van der Waals surface area contributed by atoms with Crippen LogP contribution in [-0.4, -0.2) is 19.4 Å². The molecule has 0 bridgehead atoms. The number of fused-ring (bicyclic) bond motifs is 1. The minimum Gasteiger partial charge on any atom is -0.371 e. The number of benzene rings is 1. The number of nitrogens with zero attached hydrogens (tertiary/aromatic N) is 1. The summed E-state index contributed by atoms with van der Waals surface area (Å²) in [5, 5.41) is 0. The van der Waals surface area contributed by atoms with Crippen molar-refractivity contribution < 1.29 is 4.79 Å². The van der Waals surface area contributed by atoms with Crippen LogP contribution in [0, 0.1) is 0 Å². The third kappa shape index (κ3) is 1.41. The molecule has 74 valence electrons. The van der Waals surface area contributed by atoms with Crippen molar-refractivity contribution in [2.24, 2.45) is 0 Å². The third-order valence-corrected chi connectivity index (χ3v) is 2.91. The first kappa shape index (κ1) is 9.25. The van der Waals surface area contributed by atoms with E-state index in [4.69, 9.17) is 0 Å². The summed E-state index contributed by atoms with van der Waals surface area (Å²) in [5.41, 5.74) is 3.90. The SMILES string of the molecule is CCN1CCc2c(CC=O)cccc21. The Morgan fingerprint density at radius 3 is 3.07 bits per heavy atom. The fourth-order valence-corrected chi connectivity index (χ4v) is 2.18. The van der Waals surface area contributed by atoms with E-state index in [1.807, 2.05) is 6.07 Å². The lowest BCUT2D eigenvalue weighted by Gasteiger charge is -2.16. The summed E-state index contributed by atoms with van der Waals surface area (Å²) in [6.07, 6.45) is 2.64. The number of likely N-dealkylation sites (N-methyl/N-ethyl adjacent to an activating group) is 1. The Hall–Kier alpha value is -1.31. The Morgan fingerprint density at radius 1 is 1.50 bits per heavy atom. The van der Waals surface area contributed by atoms with Crippen LogP contribution in [0.25, 0.3) is 0 Å². The van der Waals surface area contributed by atoms with Crippen LogP contribution in [0.15, 0.2) is 18.2 Å². The van der Waals surface area contributed by atoms with E-state index in [0.29, 0.717) is 6.42 Å². The molecule has 0 unspecified atom stereocenters. The van der Waals surface area contributed by atoms with Gasteiger partial charge >= 0.3 is 0 Å². The highest BCUT2D eigenvalue weighted by atomic mass is 16.1. The van der Waals surface area contributed by atoms with Gasteiger partial charge < -0.3 is 9.69 Å². The van der Waals surface area contributed by atoms with Crippen LogP contribution in [-0.2, 0) is 17.6 Å². The Labute approximate surface area is 84.5 Å². The second-order valence-electron chi connectivity index (χ2n) is 3.62. The molecule has 1 aliphatic heterocycles. The molecular formula is C12H15NO. The van der Waals surface area contributed by atoms with Crippen LogP contribution in [0.3, 0.4) is 0 Å². The highest BCUT2D eigenvalue weighted by Gasteiger charge is 2.19. The average molecular weight is 189 g/mol. The molecule has 1 heterocycles. The Kier molecular flexibility index (Phi) is 2.53. The van der Waals surface area contributed by atoms with Gasteiger partial charge in [0.2, 0.25) is 0 Å². The van der Waals surface area contributed by atoms with Gasteiger partial charge in [-0.25, -0.2) is 0 Å². The van der Waals surface area contributed by atoms with Gasteiger partial charge in [-0.3, -0.25) is 0 Å². The first-order valence-corrected chi connectivity index (χ1v) is 5.16. The number of hydrogen-bond acceptors (Lipinski definition) is 2. The minimum absolute atomic E-state index is 0.556. The molecule has 2 heteroatoms. The van der Waals surface area contributed by atoms with Crippen LogP contribution < -0.4 is 4.90 Å². The summed E-state index contributed by atoms with van der Waals surface area (Å²) in [7, 11) is 0. The molecule has 2 rings (SSSR count). The second-order valence-corrected chi connectivity index (χ2v) is 3.62. The fraction of sp³-hybridized carbons (Fsp3) is 0.417. The maximum Gasteiger partial charge on any atom is 0.124 e. The highest BCUT2D eigenvalue weighted by Crippen LogP contribution is 2.30. The molecule has 0 radical (unpaired) electrons. The second kappa shape index (κ2) is 3.82. The van der Waals surface area contributed by atoms with Gasteiger partial charge in [0.05, 0.1) is 0 Å². The van der Waals surface area contributed by atoms with Crippen LogP contribution in [0.4, 0.5) is 5.69 Å². The zero-order valence-electron chi connectivity index (χ0n) is 8.49. The van der Waals surface area contributed by atoms with E-state index >= 15 is 0 Å². The summed E-state index contributed by atoms with van der Waals surface area (Å²) < 4.78 is 0. The Morgan fingerprint density at radius 2 is 2.36 bits per heavy atom. The Bertz CT molecular complexity index is 346. The van der Waals surface area contributed by atoms with E-state index in [0.717, 1.165) is 25.8 Å². The molecule has 0 amide bonds. The normalized spacial score (nSPS) is 14.2. The summed E-state index contributed by atoms with van der Waals surface area (Å²) in [6, 6.07) is 6.26. The maximum absolute atomic E-state index is 10.5. The number of carbonyl (C=O) groups is 1. The molecule has 0 saturated carbocycles. The quantitative estimate of drug-likeness (QED) is 0.676. The largest absolute Gasteiger partial charge is 0.371 e. The number of aldehydes is 1. The molecule has 0 saturated heterocycles. The predicted molar refractivity (Wildman–Crippen MR) is 57.8 cm³/mol. The van der Waals surface area contributed by atoms with E-state index in [-0.39, 0.29) is 0 Å². The summed E-state index contributed by atoms with van der Waals surface area (Å²) in [6.45, 7) is 4.32. The van der Waals surface area contributed by atoms with Crippen LogP contribution in [0.2, 0.25) is 0 Å². The fourth-order valence-electron chi connectivity index (χ4n) is 2.18. The van der Waals surface area contributed by atoms with Gasteiger partial charge in [0.25, 0.3) is 0 Å². The van der Waals surface area contributed by atoms with Gasteiger partial charge in [-0.1, -0.05) is 12.1 Å². The van der Waals surface area contributed by atoms with Gasteiger partial charge in [-0.2, -0.15) is 0 Å². The molecule has 0 atom stereocenters. The standard InChI is InChI=1S/C12H15NO/c1-2-13-8-6-11-10(7-9-14)4-3-5-12(11)13/h3-5,9H,2,6-8H2,1H3. The smallest absolute Gasteiger partial charge is 0.124 e. The number of carbonyl (C=O) groups excluding carboxylic acids is 1. The van der Waals surface area contributed by atoms with Crippen molar-refractivity contribution >= 4 is 12.0 Å².